The number of nitrogens with zero attached hydrogens (tertiary/aromatic N) is 3. The third-order valence-electron chi connectivity index (χ3n) is 4.06. The van der Waals surface area contributed by atoms with Crippen molar-refractivity contribution < 1.29 is 14.3 Å². The number of nitriles is 1. The molecule has 0 saturated heterocycles. The predicted molar refractivity (Wildman–Crippen MR) is 84.7 cm³/mol. The lowest BCUT2D eigenvalue weighted by atomic mass is 9.98. The number of carbonyl (C=O) groups excluding carboxylic acids is 2. The highest BCUT2D eigenvalue weighted by Crippen LogP contribution is 2.39. The zero-order chi connectivity index (χ0) is 17.2. The molecule has 1 fully saturated rings. The van der Waals surface area contributed by atoms with Gasteiger partial charge in [0.2, 0.25) is 0 Å². The summed E-state index contributed by atoms with van der Waals surface area (Å²) in [6, 6.07) is 6.92. The van der Waals surface area contributed by atoms with Gasteiger partial charge in [0, 0.05) is 12.4 Å². The Morgan fingerprint density at radius 3 is 2.71 bits per heavy atom. The minimum Gasteiger partial charge on any atom is -0.452 e. The summed E-state index contributed by atoms with van der Waals surface area (Å²) in [6.45, 7) is 1.26. The molecule has 0 aliphatic heterocycles. The third kappa shape index (κ3) is 3.33. The van der Waals surface area contributed by atoms with E-state index in [1.165, 1.54) is 6.20 Å². The summed E-state index contributed by atoms with van der Waals surface area (Å²) in [6.07, 6.45) is 4.94. The van der Waals surface area contributed by atoms with Crippen LogP contribution in [0.3, 0.4) is 0 Å². The molecule has 1 aromatic carbocycles. The Hall–Kier alpha value is -3.01. The zero-order valence-corrected chi connectivity index (χ0v) is 13.2. The Bertz CT molecular complexity index is 841. The lowest BCUT2D eigenvalue weighted by Crippen LogP contribution is -2.48. The van der Waals surface area contributed by atoms with Crippen LogP contribution in [-0.4, -0.2) is 34.0 Å². The molecule has 24 heavy (non-hydrogen) atoms. The molecule has 3 rings (SSSR count). The van der Waals surface area contributed by atoms with Gasteiger partial charge in [-0.3, -0.25) is 14.8 Å². The fourth-order valence-electron chi connectivity index (χ4n) is 2.51. The number of amides is 1. The maximum absolute atomic E-state index is 12.1. The molecule has 1 N–H and O–H groups in total. The molecule has 1 heterocycles. The summed E-state index contributed by atoms with van der Waals surface area (Å²) in [5.41, 5.74) is 0.631. The van der Waals surface area contributed by atoms with E-state index in [1.54, 1.807) is 31.3 Å². The van der Waals surface area contributed by atoms with Crippen LogP contribution in [0.2, 0.25) is 0 Å². The molecule has 7 nitrogen and oxygen atoms in total. The largest absolute Gasteiger partial charge is 0.452 e. The molecule has 0 spiro atoms. The van der Waals surface area contributed by atoms with Crippen LogP contribution in [0, 0.1) is 17.2 Å². The van der Waals surface area contributed by atoms with Crippen molar-refractivity contribution in [2.45, 2.75) is 25.3 Å². The van der Waals surface area contributed by atoms with Gasteiger partial charge < -0.3 is 10.1 Å². The highest BCUT2D eigenvalue weighted by atomic mass is 16.5. The van der Waals surface area contributed by atoms with Gasteiger partial charge in [0.1, 0.15) is 5.54 Å². The van der Waals surface area contributed by atoms with Gasteiger partial charge in [0.25, 0.3) is 5.91 Å². The summed E-state index contributed by atoms with van der Waals surface area (Å²) in [5.74, 6) is -0.941. The van der Waals surface area contributed by atoms with Gasteiger partial charge >= 0.3 is 5.97 Å². The van der Waals surface area contributed by atoms with Crippen molar-refractivity contribution in [3.05, 3.63) is 36.2 Å². The van der Waals surface area contributed by atoms with Gasteiger partial charge in [0.15, 0.2) is 6.61 Å². The lowest BCUT2D eigenvalue weighted by Gasteiger charge is -2.22. The van der Waals surface area contributed by atoms with Gasteiger partial charge in [-0.15, -0.1) is 0 Å². The van der Waals surface area contributed by atoms with Gasteiger partial charge in [-0.05, 0) is 43.9 Å². The molecular weight excluding hydrogens is 308 g/mol. The van der Waals surface area contributed by atoms with Gasteiger partial charge in [-0.1, -0.05) is 0 Å². The first-order valence-electron chi connectivity index (χ1n) is 7.62. The van der Waals surface area contributed by atoms with Crippen LogP contribution in [0.1, 0.15) is 30.1 Å². The number of nitrogens with one attached hydrogen (secondary N) is 1. The number of benzene rings is 1. The van der Waals surface area contributed by atoms with E-state index >= 15 is 0 Å². The molecule has 2 aromatic rings. The molecule has 0 unspecified atom stereocenters. The second kappa shape index (κ2) is 6.24. The normalized spacial score (nSPS) is 16.0. The maximum atomic E-state index is 12.1. The molecule has 1 saturated carbocycles. The molecule has 122 valence electrons. The van der Waals surface area contributed by atoms with Gasteiger partial charge in [-0.25, -0.2) is 4.79 Å². The molecular formula is C17H16N4O3. The quantitative estimate of drug-likeness (QED) is 0.837. The van der Waals surface area contributed by atoms with Crippen LogP contribution >= 0.6 is 0 Å². The van der Waals surface area contributed by atoms with E-state index in [1.807, 2.05) is 0 Å². The van der Waals surface area contributed by atoms with E-state index in [-0.39, 0.29) is 5.92 Å². The summed E-state index contributed by atoms with van der Waals surface area (Å²) >= 11 is 0. The van der Waals surface area contributed by atoms with E-state index in [2.05, 4.69) is 21.4 Å². The molecule has 7 heteroatoms. The smallest absolute Gasteiger partial charge is 0.338 e. The predicted octanol–water partition coefficient (Wildman–Crippen LogP) is 1.60. The molecule has 0 bridgehead atoms. The Kier molecular flexibility index (Phi) is 4.13. The van der Waals surface area contributed by atoms with Gasteiger partial charge in [0.05, 0.1) is 22.7 Å². The van der Waals surface area contributed by atoms with Crippen LogP contribution in [0.5, 0.6) is 0 Å². The number of esters is 1. The minimum absolute atomic E-state index is 0.168. The summed E-state index contributed by atoms with van der Waals surface area (Å²) in [4.78, 5) is 32.2. The molecule has 0 radical (unpaired) electrons. The Labute approximate surface area is 138 Å². The van der Waals surface area contributed by atoms with Crippen molar-refractivity contribution >= 4 is 22.9 Å². The zero-order valence-electron chi connectivity index (χ0n) is 13.2. The van der Waals surface area contributed by atoms with Gasteiger partial charge in [-0.2, -0.15) is 5.26 Å². The lowest BCUT2D eigenvalue weighted by molar-refractivity contribution is -0.125. The fraction of sp³-hybridized carbons (Fsp3) is 0.353. The van der Waals surface area contributed by atoms with E-state index in [9.17, 15) is 14.9 Å². The second-order valence-electron chi connectivity index (χ2n) is 5.97. The SMILES string of the molecule is C[C@](C#N)(NC(=O)COC(=O)c1ccc2nccnc2c1)C1CC1. The van der Waals surface area contributed by atoms with Crippen LogP contribution in [0.25, 0.3) is 11.0 Å². The summed E-state index contributed by atoms with van der Waals surface area (Å²) < 4.78 is 5.02. The Morgan fingerprint density at radius 2 is 2.04 bits per heavy atom. The van der Waals surface area contributed by atoms with E-state index in [0.29, 0.717) is 16.6 Å². The standard InChI is InChI=1S/C17H16N4O3/c1-17(10-18,12-3-4-12)21-15(22)9-24-16(23)11-2-5-13-14(8-11)20-7-6-19-13/h2,5-8,12H,3-4,9H2,1H3,(H,21,22)/t17-/m1/s1. The van der Waals surface area contributed by atoms with Crippen molar-refractivity contribution in [3.63, 3.8) is 0 Å². The van der Waals surface area contributed by atoms with E-state index in [4.69, 9.17) is 4.74 Å². The van der Waals surface area contributed by atoms with E-state index < -0.39 is 24.0 Å². The number of hydrogen-bond donors (Lipinski definition) is 1. The topological polar surface area (TPSA) is 105 Å². The maximum Gasteiger partial charge on any atom is 0.338 e. The first-order valence-corrected chi connectivity index (χ1v) is 7.62. The van der Waals surface area contributed by atoms with Crippen molar-refractivity contribution in [1.29, 1.82) is 5.26 Å². The summed E-state index contributed by atoms with van der Waals surface area (Å²) in [5, 5.41) is 11.9. The van der Waals surface area contributed by atoms with Crippen LogP contribution in [-0.2, 0) is 9.53 Å². The Morgan fingerprint density at radius 1 is 1.33 bits per heavy atom. The second-order valence-corrected chi connectivity index (χ2v) is 5.97. The number of fused-ring (bicyclic) bond motifs is 1. The van der Waals surface area contributed by atoms with Crippen molar-refractivity contribution in [2.24, 2.45) is 5.92 Å². The fourth-order valence-corrected chi connectivity index (χ4v) is 2.51. The first-order chi connectivity index (χ1) is 11.5. The number of aromatic nitrogens is 2. The summed E-state index contributed by atoms with van der Waals surface area (Å²) in [7, 11) is 0. The number of hydrogen-bond acceptors (Lipinski definition) is 6. The molecule has 1 aliphatic rings. The van der Waals surface area contributed by atoms with Crippen molar-refractivity contribution in [2.75, 3.05) is 6.61 Å². The molecule has 1 atom stereocenters. The molecule has 1 aromatic heterocycles. The van der Waals surface area contributed by atoms with E-state index in [0.717, 1.165) is 12.8 Å². The van der Waals surface area contributed by atoms with Crippen LogP contribution < -0.4 is 5.32 Å². The highest BCUT2D eigenvalue weighted by Gasteiger charge is 2.43. The number of ether oxygens (including phenoxy) is 1. The first kappa shape index (κ1) is 15.9. The minimum atomic E-state index is -0.901. The number of carbonyl (C=O) groups is 2. The monoisotopic (exact) mass is 324 g/mol. The highest BCUT2D eigenvalue weighted by molar-refractivity contribution is 5.94. The van der Waals surface area contributed by atoms with Crippen LogP contribution in [0.15, 0.2) is 30.6 Å². The number of rotatable bonds is 5. The van der Waals surface area contributed by atoms with Crippen molar-refractivity contribution in [3.8, 4) is 6.07 Å². The average molecular weight is 324 g/mol. The molecule has 1 amide bonds. The van der Waals surface area contributed by atoms with Crippen LogP contribution in [0.4, 0.5) is 0 Å². The third-order valence-corrected chi connectivity index (χ3v) is 4.06. The van der Waals surface area contributed by atoms with Crippen molar-refractivity contribution in [1.82, 2.24) is 15.3 Å². The average Bonchev–Trinajstić information content (AvgIpc) is 3.44. The molecule has 1 aliphatic carbocycles. The Balaban J connectivity index is 1.60.